The lowest BCUT2D eigenvalue weighted by Gasteiger charge is -2.00. The van der Waals surface area contributed by atoms with E-state index in [1.54, 1.807) is 10.8 Å². The van der Waals surface area contributed by atoms with E-state index in [9.17, 15) is 0 Å². The molecule has 14 heavy (non-hydrogen) atoms. The van der Waals surface area contributed by atoms with Gasteiger partial charge in [0.2, 0.25) is 0 Å². The van der Waals surface area contributed by atoms with Crippen molar-refractivity contribution < 1.29 is 0 Å². The summed E-state index contributed by atoms with van der Waals surface area (Å²) in [6.07, 6.45) is 13.3. The zero-order valence-electron chi connectivity index (χ0n) is 8.19. The van der Waals surface area contributed by atoms with Crippen molar-refractivity contribution in [3.63, 3.8) is 0 Å². The first-order valence-corrected chi connectivity index (χ1v) is 9.98. The fraction of sp³-hybridized carbons (Fsp3) is 0.600. The molecule has 80 valence electrons. The van der Waals surface area contributed by atoms with Crippen LogP contribution in [0.2, 0.25) is 0 Å². The highest BCUT2D eigenvalue weighted by Crippen LogP contribution is 2.43. The van der Waals surface area contributed by atoms with Crippen LogP contribution < -0.4 is 0 Å². The number of rotatable bonds is 0. The SMILES string of the molecule is C1=C\SSSSCCCCCC/C=C/1. The minimum absolute atomic E-state index is 1.24. The van der Waals surface area contributed by atoms with E-state index in [0.717, 1.165) is 0 Å². The fourth-order valence-electron chi connectivity index (χ4n) is 1.12. The highest BCUT2D eigenvalue weighted by Gasteiger charge is 1.93. The Morgan fingerprint density at radius 2 is 1.79 bits per heavy atom. The summed E-state index contributed by atoms with van der Waals surface area (Å²) >= 11 is 0. The number of allylic oxidation sites excluding steroid dienone is 3. The van der Waals surface area contributed by atoms with Crippen molar-refractivity contribution in [3.8, 4) is 0 Å². The topological polar surface area (TPSA) is 0 Å². The molecule has 1 aliphatic heterocycles. The first kappa shape index (κ1) is 12.9. The molecule has 0 radical (unpaired) electrons. The maximum Gasteiger partial charge on any atom is 0.00454 e. The third-order valence-electron chi connectivity index (χ3n) is 1.84. The molecule has 0 amide bonds. The van der Waals surface area contributed by atoms with Crippen molar-refractivity contribution in [1.82, 2.24) is 0 Å². The highest BCUT2D eigenvalue weighted by molar-refractivity contribution is 9.26. The summed E-state index contributed by atoms with van der Waals surface area (Å²) in [4.78, 5) is 0. The normalized spacial score (nSPS) is 26.3. The van der Waals surface area contributed by atoms with Gasteiger partial charge in [0.15, 0.2) is 0 Å². The molecule has 0 aromatic heterocycles. The molecule has 0 aliphatic carbocycles. The van der Waals surface area contributed by atoms with Crippen LogP contribution in [0.3, 0.4) is 0 Å². The van der Waals surface area contributed by atoms with E-state index >= 15 is 0 Å². The van der Waals surface area contributed by atoms with Crippen molar-refractivity contribution in [3.05, 3.63) is 23.6 Å². The Balaban J connectivity index is 2.17. The van der Waals surface area contributed by atoms with Crippen LogP contribution in [0.5, 0.6) is 0 Å². The summed E-state index contributed by atoms with van der Waals surface area (Å²) in [7, 11) is 7.55. The smallest absolute Gasteiger partial charge is 0.00454 e. The maximum absolute atomic E-state index is 2.27. The van der Waals surface area contributed by atoms with Gasteiger partial charge in [0.25, 0.3) is 0 Å². The first-order valence-electron chi connectivity index (χ1n) is 4.93. The van der Waals surface area contributed by atoms with Gasteiger partial charge in [-0.3, -0.25) is 0 Å². The monoisotopic (exact) mass is 264 g/mol. The van der Waals surface area contributed by atoms with Crippen LogP contribution in [0.4, 0.5) is 0 Å². The van der Waals surface area contributed by atoms with Crippen LogP contribution in [0.15, 0.2) is 23.6 Å². The number of hydrogen-bond acceptors (Lipinski definition) is 4. The second-order valence-electron chi connectivity index (χ2n) is 3.01. The van der Waals surface area contributed by atoms with Crippen molar-refractivity contribution in [2.45, 2.75) is 32.1 Å². The van der Waals surface area contributed by atoms with Gasteiger partial charge in [-0.15, -0.1) is 0 Å². The summed E-state index contributed by atoms with van der Waals surface area (Å²) < 4.78 is 0. The standard InChI is InChI=1S/C10H16S4/c1-2-4-6-8-10-12-14-13-11-9-7-5-3-1/h3,5,7,9H,1-2,4,6,8,10H2/b5-3+,9-7-. The van der Waals surface area contributed by atoms with Gasteiger partial charge in [-0.1, -0.05) is 52.7 Å². The molecule has 0 aromatic rings. The lowest BCUT2D eigenvalue weighted by molar-refractivity contribution is 0.678. The van der Waals surface area contributed by atoms with E-state index in [0.29, 0.717) is 0 Å². The van der Waals surface area contributed by atoms with Crippen LogP contribution in [-0.2, 0) is 0 Å². The summed E-state index contributed by atoms with van der Waals surface area (Å²) in [5.74, 6) is 1.30. The van der Waals surface area contributed by atoms with Crippen LogP contribution in [0.25, 0.3) is 0 Å². The Kier molecular flexibility index (Phi) is 9.62. The molecule has 0 atom stereocenters. The Hall–Kier alpha value is 0.880. The van der Waals surface area contributed by atoms with Gasteiger partial charge in [-0.25, -0.2) is 0 Å². The third kappa shape index (κ3) is 8.21. The van der Waals surface area contributed by atoms with Gasteiger partial charge in [0, 0.05) is 5.75 Å². The summed E-state index contributed by atoms with van der Waals surface area (Å²) in [5.41, 5.74) is 0. The van der Waals surface area contributed by atoms with E-state index in [1.165, 1.54) is 37.9 Å². The lowest BCUT2D eigenvalue weighted by Crippen LogP contribution is -1.79. The van der Waals surface area contributed by atoms with Crippen molar-refractivity contribution in [2.75, 3.05) is 5.75 Å². The van der Waals surface area contributed by atoms with Crippen molar-refractivity contribution >= 4 is 41.2 Å². The molecule has 0 fully saturated rings. The van der Waals surface area contributed by atoms with Gasteiger partial charge < -0.3 is 0 Å². The van der Waals surface area contributed by atoms with Crippen LogP contribution >= 0.6 is 41.2 Å². The van der Waals surface area contributed by atoms with E-state index in [2.05, 4.69) is 23.6 Å². The Morgan fingerprint density at radius 3 is 2.79 bits per heavy atom. The molecule has 0 aromatic carbocycles. The molecule has 4 heteroatoms. The van der Waals surface area contributed by atoms with Crippen LogP contribution in [-0.4, -0.2) is 5.75 Å². The maximum atomic E-state index is 2.27. The molecule has 0 saturated carbocycles. The van der Waals surface area contributed by atoms with Gasteiger partial charge in [0.05, 0.1) is 0 Å². The van der Waals surface area contributed by atoms with Gasteiger partial charge in [-0.05, 0) is 44.3 Å². The summed E-state index contributed by atoms with van der Waals surface area (Å²) in [6, 6.07) is 0. The predicted octanol–water partition coefficient (Wildman–Crippen LogP) is 5.70. The van der Waals surface area contributed by atoms with Crippen LogP contribution in [0, 0.1) is 0 Å². The largest absolute Gasteiger partial charge is 0.0845 e. The summed E-state index contributed by atoms with van der Waals surface area (Å²) in [6.45, 7) is 0. The second-order valence-corrected chi connectivity index (χ2v) is 8.95. The Bertz CT molecular complexity index is 157. The minimum atomic E-state index is 1.24. The van der Waals surface area contributed by atoms with Crippen LogP contribution in [0.1, 0.15) is 32.1 Å². The third-order valence-corrected chi connectivity index (χ3v) is 7.90. The molecule has 1 rings (SSSR count). The zero-order valence-corrected chi connectivity index (χ0v) is 11.5. The lowest BCUT2D eigenvalue weighted by atomic mass is 10.1. The van der Waals surface area contributed by atoms with E-state index < -0.39 is 0 Å². The molecule has 0 nitrogen and oxygen atoms in total. The van der Waals surface area contributed by atoms with E-state index in [-0.39, 0.29) is 0 Å². The van der Waals surface area contributed by atoms with E-state index in [4.69, 9.17) is 0 Å². The molecule has 0 bridgehead atoms. The molecular formula is C10H16S4. The van der Waals surface area contributed by atoms with Gasteiger partial charge >= 0.3 is 0 Å². The van der Waals surface area contributed by atoms with Crippen molar-refractivity contribution in [1.29, 1.82) is 0 Å². The van der Waals surface area contributed by atoms with Gasteiger partial charge in [-0.2, -0.15) is 0 Å². The Labute approximate surface area is 102 Å². The quantitative estimate of drug-likeness (QED) is 0.515. The molecular weight excluding hydrogens is 248 g/mol. The average Bonchev–Trinajstić information content (AvgIpc) is 2.22. The number of hydrogen-bond donors (Lipinski definition) is 0. The molecule has 0 N–H and O–H groups in total. The molecule has 1 heterocycles. The molecule has 0 spiro atoms. The minimum Gasteiger partial charge on any atom is -0.0845 e. The Morgan fingerprint density at radius 1 is 0.857 bits per heavy atom. The molecule has 1 aliphatic rings. The average molecular weight is 265 g/mol. The molecule has 0 unspecified atom stereocenters. The zero-order chi connectivity index (χ0) is 9.90. The van der Waals surface area contributed by atoms with E-state index in [1.807, 2.05) is 30.4 Å². The van der Waals surface area contributed by atoms with Gasteiger partial charge in [0.1, 0.15) is 0 Å². The van der Waals surface area contributed by atoms with Crippen molar-refractivity contribution in [2.24, 2.45) is 0 Å². The molecule has 0 saturated heterocycles. The fourth-order valence-corrected chi connectivity index (χ4v) is 6.47. The first-order chi connectivity index (χ1) is 7.00. The second kappa shape index (κ2) is 10.4. The highest BCUT2D eigenvalue weighted by atomic mass is 33.7. The predicted molar refractivity (Wildman–Crippen MR) is 76.6 cm³/mol. The summed E-state index contributed by atoms with van der Waals surface area (Å²) in [5, 5.41) is 2.15.